The van der Waals surface area contributed by atoms with Crippen LogP contribution in [0.1, 0.15) is 4.88 Å². The van der Waals surface area contributed by atoms with Gasteiger partial charge in [0.15, 0.2) is 5.13 Å². The molecule has 0 amide bonds. The van der Waals surface area contributed by atoms with Crippen molar-refractivity contribution in [3.63, 3.8) is 0 Å². The second-order valence-electron chi connectivity index (χ2n) is 6.43. The summed E-state index contributed by atoms with van der Waals surface area (Å²) in [5, 5.41) is 13.8. The van der Waals surface area contributed by atoms with E-state index in [4.69, 9.17) is 16.3 Å². The molecule has 0 aliphatic heterocycles. The van der Waals surface area contributed by atoms with Gasteiger partial charge in [0.25, 0.3) is 0 Å². The highest BCUT2D eigenvalue weighted by Gasteiger charge is 2.16. The van der Waals surface area contributed by atoms with Gasteiger partial charge in [0, 0.05) is 21.2 Å². The number of hydrogen-bond acceptors (Lipinski definition) is 5. The number of rotatable bonds is 7. The Labute approximate surface area is 182 Å². The molecule has 0 bridgehead atoms. The molecule has 0 radical (unpaired) electrons. The highest BCUT2D eigenvalue weighted by molar-refractivity contribution is 7.16. The van der Waals surface area contributed by atoms with Crippen LogP contribution in [0, 0.1) is 0 Å². The lowest BCUT2D eigenvalue weighted by Gasteiger charge is -2.06. The molecule has 3 aromatic carbocycles. The van der Waals surface area contributed by atoms with Crippen LogP contribution in [0.4, 0.5) is 10.8 Å². The van der Waals surface area contributed by atoms with E-state index in [1.165, 1.54) is 11.3 Å². The predicted octanol–water partition coefficient (Wildman–Crippen LogP) is 6.63. The molecule has 0 saturated heterocycles. The molecule has 0 spiro atoms. The molecule has 0 atom stereocenters. The van der Waals surface area contributed by atoms with Crippen molar-refractivity contribution in [3.8, 4) is 22.8 Å². The minimum absolute atomic E-state index is 0.0996. The zero-order valence-electron chi connectivity index (χ0n) is 15.7. The summed E-state index contributed by atoms with van der Waals surface area (Å²) in [5.41, 5.74) is 2.30. The number of nitrogens with one attached hydrogen (secondary N) is 1. The van der Waals surface area contributed by atoms with Gasteiger partial charge < -0.3 is 15.2 Å². The second-order valence-corrected chi connectivity index (χ2v) is 7.95. The molecule has 30 heavy (non-hydrogen) atoms. The van der Waals surface area contributed by atoms with E-state index in [0.717, 1.165) is 17.0 Å². The lowest BCUT2D eigenvalue weighted by molar-refractivity contribution is -0.136. The number of ether oxygens (including phenoxy) is 1. The lowest BCUT2D eigenvalue weighted by atomic mass is 10.1. The summed E-state index contributed by atoms with van der Waals surface area (Å²) < 4.78 is 5.82. The van der Waals surface area contributed by atoms with E-state index in [9.17, 15) is 9.90 Å². The number of aromatic nitrogens is 1. The first kappa shape index (κ1) is 19.9. The first-order valence-electron chi connectivity index (χ1n) is 9.14. The van der Waals surface area contributed by atoms with Crippen LogP contribution < -0.4 is 10.1 Å². The van der Waals surface area contributed by atoms with Gasteiger partial charge in [-0.2, -0.15) is 0 Å². The standard InChI is InChI=1S/C23H17ClN2O3S/c24-16-8-10-17(11-9-16)25-23-26-22(20(30-23)14-21(27)28)15-6-12-19(13-7-15)29-18-4-2-1-3-5-18/h1-13H,14H2,(H,25,26)(H,27,28). The van der Waals surface area contributed by atoms with E-state index in [2.05, 4.69) is 10.3 Å². The summed E-state index contributed by atoms with van der Waals surface area (Å²) in [5.74, 6) is 0.543. The SMILES string of the molecule is O=C(O)Cc1sc(Nc2ccc(Cl)cc2)nc1-c1ccc(Oc2ccccc2)cc1. The number of halogens is 1. The molecule has 4 aromatic rings. The van der Waals surface area contributed by atoms with Crippen molar-refractivity contribution >= 4 is 39.7 Å². The van der Waals surface area contributed by atoms with Gasteiger partial charge >= 0.3 is 5.97 Å². The minimum atomic E-state index is -0.901. The van der Waals surface area contributed by atoms with Gasteiger partial charge in [0.2, 0.25) is 0 Å². The number of benzene rings is 3. The van der Waals surface area contributed by atoms with Gasteiger partial charge in [-0.1, -0.05) is 29.8 Å². The van der Waals surface area contributed by atoms with Crippen molar-refractivity contribution in [2.24, 2.45) is 0 Å². The number of thiazole rings is 1. The minimum Gasteiger partial charge on any atom is -0.481 e. The molecule has 1 aromatic heterocycles. The summed E-state index contributed by atoms with van der Waals surface area (Å²) in [4.78, 5) is 16.7. The quantitative estimate of drug-likeness (QED) is 0.340. The summed E-state index contributed by atoms with van der Waals surface area (Å²) in [6, 6.07) is 24.2. The number of carboxylic acid groups (broad SMARTS) is 1. The maximum absolute atomic E-state index is 11.3. The number of nitrogens with zero attached hydrogens (tertiary/aromatic N) is 1. The van der Waals surface area contributed by atoms with Crippen LogP contribution in [0.3, 0.4) is 0 Å². The van der Waals surface area contributed by atoms with Crippen LogP contribution >= 0.6 is 22.9 Å². The Bertz CT molecular complexity index is 1140. The number of carboxylic acids is 1. The fourth-order valence-corrected chi connectivity index (χ4v) is 3.97. The van der Waals surface area contributed by atoms with Crippen molar-refractivity contribution in [1.29, 1.82) is 0 Å². The van der Waals surface area contributed by atoms with Crippen molar-refractivity contribution in [2.75, 3.05) is 5.32 Å². The fraction of sp³-hybridized carbons (Fsp3) is 0.0435. The molecule has 2 N–H and O–H groups in total. The zero-order valence-corrected chi connectivity index (χ0v) is 17.3. The first-order chi connectivity index (χ1) is 14.6. The van der Waals surface area contributed by atoms with E-state index in [1.54, 1.807) is 12.1 Å². The normalized spacial score (nSPS) is 10.6. The molecule has 1 heterocycles. The highest BCUT2D eigenvalue weighted by atomic mass is 35.5. The van der Waals surface area contributed by atoms with E-state index >= 15 is 0 Å². The van der Waals surface area contributed by atoms with E-state index in [-0.39, 0.29) is 6.42 Å². The molecule has 0 saturated carbocycles. The molecular formula is C23H17ClN2O3S. The largest absolute Gasteiger partial charge is 0.481 e. The van der Waals surface area contributed by atoms with Crippen LogP contribution in [0.15, 0.2) is 78.9 Å². The highest BCUT2D eigenvalue weighted by Crippen LogP contribution is 2.34. The Morgan fingerprint density at radius 3 is 2.30 bits per heavy atom. The Hall–Kier alpha value is -3.35. The van der Waals surface area contributed by atoms with E-state index in [0.29, 0.717) is 26.5 Å². The number of aliphatic carboxylic acids is 1. The van der Waals surface area contributed by atoms with Crippen molar-refractivity contribution in [2.45, 2.75) is 6.42 Å². The van der Waals surface area contributed by atoms with Gasteiger partial charge in [0.1, 0.15) is 11.5 Å². The number of carbonyl (C=O) groups is 1. The summed E-state index contributed by atoms with van der Waals surface area (Å²) >= 11 is 7.25. The van der Waals surface area contributed by atoms with Crippen LogP contribution in [-0.4, -0.2) is 16.1 Å². The monoisotopic (exact) mass is 436 g/mol. The molecule has 150 valence electrons. The molecule has 0 unspecified atom stereocenters. The van der Waals surface area contributed by atoms with Gasteiger partial charge in [0.05, 0.1) is 12.1 Å². The molecular weight excluding hydrogens is 420 g/mol. The smallest absolute Gasteiger partial charge is 0.308 e. The van der Waals surface area contributed by atoms with Crippen molar-refractivity contribution in [3.05, 3.63) is 88.8 Å². The Morgan fingerprint density at radius 2 is 1.63 bits per heavy atom. The Balaban J connectivity index is 1.59. The first-order valence-corrected chi connectivity index (χ1v) is 10.3. The molecule has 0 aliphatic carbocycles. The number of hydrogen-bond donors (Lipinski definition) is 2. The van der Waals surface area contributed by atoms with Gasteiger partial charge in [-0.15, -0.1) is 11.3 Å². The van der Waals surface area contributed by atoms with Crippen LogP contribution in [0.5, 0.6) is 11.5 Å². The van der Waals surface area contributed by atoms with Crippen molar-refractivity contribution in [1.82, 2.24) is 4.98 Å². The molecule has 0 fully saturated rings. The van der Waals surface area contributed by atoms with E-state index in [1.807, 2.05) is 66.7 Å². The van der Waals surface area contributed by atoms with Gasteiger partial charge in [-0.3, -0.25) is 4.79 Å². The van der Waals surface area contributed by atoms with Gasteiger partial charge in [-0.05, 0) is 60.7 Å². The van der Waals surface area contributed by atoms with Gasteiger partial charge in [-0.25, -0.2) is 4.98 Å². The van der Waals surface area contributed by atoms with Crippen molar-refractivity contribution < 1.29 is 14.6 Å². The molecule has 0 aliphatic rings. The Morgan fingerprint density at radius 1 is 0.967 bits per heavy atom. The topological polar surface area (TPSA) is 71.5 Å². The van der Waals surface area contributed by atoms with Crippen LogP contribution in [0.2, 0.25) is 5.02 Å². The average Bonchev–Trinajstić information content (AvgIpc) is 3.12. The second kappa shape index (κ2) is 8.98. The van der Waals surface area contributed by atoms with Crippen LogP contribution in [-0.2, 0) is 11.2 Å². The lowest BCUT2D eigenvalue weighted by Crippen LogP contribution is -1.99. The predicted molar refractivity (Wildman–Crippen MR) is 120 cm³/mol. The number of para-hydroxylation sites is 1. The maximum Gasteiger partial charge on any atom is 0.308 e. The summed E-state index contributed by atoms with van der Waals surface area (Å²) in [7, 11) is 0. The molecule has 4 rings (SSSR count). The van der Waals surface area contributed by atoms with Crippen LogP contribution in [0.25, 0.3) is 11.3 Å². The zero-order chi connectivity index (χ0) is 20.9. The number of anilines is 2. The molecule has 7 heteroatoms. The third kappa shape index (κ3) is 4.97. The third-order valence-electron chi connectivity index (χ3n) is 4.21. The van der Waals surface area contributed by atoms with E-state index < -0.39 is 5.97 Å². The maximum atomic E-state index is 11.3. The average molecular weight is 437 g/mol. The fourth-order valence-electron chi connectivity index (χ4n) is 2.85. The third-order valence-corrected chi connectivity index (χ3v) is 5.43. The summed E-state index contributed by atoms with van der Waals surface area (Å²) in [6.45, 7) is 0. The summed E-state index contributed by atoms with van der Waals surface area (Å²) in [6.07, 6.45) is -0.0996. The molecule has 5 nitrogen and oxygen atoms in total. The Kier molecular flexibility index (Phi) is 5.97.